The van der Waals surface area contributed by atoms with E-state index in [0.717, 1.165) is 5.56 Å². The van der Waals surface area contributed by atoms with Crippen molar-refractivity contribution in [1.82, 2.24) is 4.90 Å². The van der Waals surface area contributed by atoms with Gasteiger partial charge in [0.2, 0.25) is 0 Å². The molecular weight excluding hydrogens is 160 g/mol. The Balaban J connectivity index is 2.76. The summed E-state index contributed by atoms with van der Waals surface area (Å²) in [5.74, 6) is 0. The van der Waals surface area contributed by atoms with Crippen LogP contribution >= 0.6 is 0 Å². The SMILES string of the molecule is CN(C)C=Cc1ccc(C#N)cc1. The molecule has 0 heterocycles. The molecular formula is C11H12N2. The van der Waals surface area contributed by atoms with E-state index in [9.17, 15) is 0 Å². The van der Waals surface area contributed by atoms with E-state index < -0.39 is 0 Å². The molecule has 1 aromatic carbocycles. The quantitative estimate of drug-likeness (QED) is 0.683. The zero-order valence-electron chi connectivity index (χ0n) is 7.86. The van der Waals surface area contributed by atoms with Gasteiger partial charge in [-0.25, -0.2) is 0 Å². The van der Waals surface area contributed by atoms with Gasteiger partial charge in [0.05, 0.1) is 11.6 Å². The molecule has 0 amide bonds. The molecule has 2 heteroatoms. The zero-order valence-corrected chi connectivity index (χ0v) is 7.86. The highest BCUT2D eigenvalue weighted by molar-refractivity contribution is 5.50. The first-order valence-corrected chi connectivity index (χ1v) is 4.07. The third-order valence-corrected chi connectivity index (χ3v) is 1.60. The molecule has 13 heavy (non-hydrogen) atoms. The van der Waals surface area contributed by atoms with E-state index in [0.29, 0.717) is 5.56 Å². The second-order valence-corrected chi connectivity index (χ2v) is 3.01. The summed E-state index contributed by atoms with van der Waals surface area (Å²) in [5, 5.41) is 8.57. The Morgan fingerprint density at radius 3 is 2.31 bits per heavy atom. The molecule has 2 nitrogen and oxygen atoms in total. The minimum atomic E-state index is 0.696. The van der Waals surface area contributed by atoms with Gasteiger partial charge in [0.15, 0.2) is 0 Å². The smallest absolute Gasteiger partial charge is 0.0991 e. The molecule has 0 bridgehead atoms. The van der Waals surface area contributed by atoms with E-state index >= 15 is 0 Å². The summed E-state index contributed by atoms with van der Waals surface area (Å²) in [6, 6.07) is 9.57. The van der Waals surface area contributed by atoms with Crippen LogP contribution in [0.2, 0.25) is 0 Å². The Kier molecular flexibility index (Phi) is 3.10. The van der Waals surface area contributed by atoms with Gasteiger partial charge in [-0.15, -0.1) is 0 Å². The fraction of sp³-hybridized carbons (Fsp3) is 0.182. The van der Waals surface area contributed by atoms with Crippen LogP contribution in [0.1, 0.15) is 11.1 Å². The van der Waals surface area contributed by atoms with Crippen molar-refractivity contribution in [3.05, 3.63) is 41.6 Å². The number of hydrogen-bond donors (Lipinski definition) is 0. The molecule has 66 valence electrons. The molecule has 0 aromatic heterocycles. The standard InChI is InChI=1S/C11H12N2/c1-13(2)8-7-10-3-5-11(9-12)6-4-10/h3-8H,1-2H3. The van der Waals surface area contributed by atoms with Crippen LogP contribution in [0.5, 0.6) is 0 Å². The van der Waals surface area contributed by atoms with Gasteiger partial charge in [-0.05, 0) is 30.0 Å². The highest BCUT2D eigenvalue weighted by atomic mass is 15.0. The van der Waals surface area contributed by atoms with Gasteiger partial charge in [-0.1, -0.05) is 12.1 Å². The summed E-state index contributed by atoms with van der Waals surface area (Å²) in [6.45, 7) is 0. The molecule has 0 aliphatic rings. The average molecular weight is 172 g/mol. The van der Waals surface area contributed by atoms with Crippen LogP contribution in [-0.2, 0) is 0 Å². The normalized spacial score (nSPS) is 9.92. The summed E-state index contributed by atoms with van der Waals surface area (Å²) in [6.07, 6.45) is 3.97. The fourth-order valence-electron chi connectivity index (χ4n) is 0.904. The molecule has 0 fully saturated rings. The van der Waals surface area contributed by atoms with Crippen molar-refractivity contribution in [3.8, 4) is 6.07 Å². The maximum atomic E-state index is 8.57. The minimum Gasteiger partial charge on any atom is -0.383 e. The van der Waals surface area contributed by atoms with Gasteiger partial charge in [0, 0.05) is 14.1 Å². The number of benzene rings is 1. The minimum absolute atomic E-state index is 0.696. The third-order valence-electron chi connectivity index (χ3n) is 1.60. The lowest BCUT2D eigenvalue weighted by atomic mass is 10.1. The van der Waals surface area contributed by atoms with E-state index in [2.05, 4.69) is 6.07 Å². The van der Waals surface area contributed by atoms with Crippen molar-refractivity contribution in [1.29, 1.82) is 5.26 Å². The van der Waals surface area contributed by atoms with Gasteiger partial charge in [-0.3, -0.25) is 0 Å². The van der Waals surface area contributed by atoms with Crippen LogP contribution in [-0.4, -0.2) is 19.0 Å². The monoisotopic (exact) mass is 172 g/mol. The number of hydrogen-bond acceptors (Lipinski definition) is 2. The average Bonchev–Trinajstić information content (AvgIpc) is 2.15. The van der Waals surface area contributed by atoms with Gasteiger partial charge >= 0.3 is 0 Å². The van der Waals surface area contributed by atoms with E-state index in [1.54, 1.807) is 0 Å². The zero-order chi connectivity index (χ0) is 9.68. The maximum Gasteiger partial charge on any atom is 0.0991 e. The predicted molar refractivity (Wildman–Crippen MR) is 53.9 cm³/mol. The van der Waals surface area contributed by atoms with E-state index in [1.807, 2.05) is 55.5 Å². The first kappa shape index (κ1) is 9.34. The number of rotatable bonds is 2. The second-order valence-electron chi connectivity index (χ2n) is 3.01. The van der Waals surface area contributed by atoms with E-state index in [-0.39, 0.29) is 0 Å². The molecule has 0 radical (unpaired) electrons. The fourth-order valence-corrected chi connectivity index (χ4v) is 0.904. The molecule has 0 aliphatic heterocycles. The van der Waals surface area contributed by atoms with Crippen LogP contribution < -0.4 is 0 Å². The molecule has 1 rings (SSSR count). The van der Waals surface area contributed by atoms with Gasteiger partial charge in [0.1, 0.15) is 0 Å². The molecule has 0 atom stereocenters. The van der Waals surface area contributed by atoms with Crippen molar-refractivity contribution in [2.45, 2.75) is 0 Å². The first-order valence-electron chi connectivity index (χ1n) is 4.07. The summed E-state index contributed by atoms with van der Waals surface area (Å²) in [5.41, 5.74) is 1.80. The van der Waals surface area contributed by atoms with E-state index in [4.69, 9.17) is 5.26 Å². The van der Waals surface area contributed by atoms with Crippen molar-refractivity contribution in [2.75, 3.05) is 14.1 Å². The summed E-state index contributed by atoms with van der Waals surface area (Å²) in [7, 11) is 3.94. The van der Waals surface area contributed by atoms with Crippen molar-refractivity contribution < 1.29 is 0 Å². The third kappa shape index (κ3) is 3.00. The topological polar surface area (TPSA) is 27.0 Å². The summed E-state index contributed by atoms with van der Waals surface area (Å²) < 4.78 is 0. The van der Waals surface area contributed by atoms with Gasteiger partial charge in [0.25, 0.3) is 0 Å². The Labute approximate surface area is 78.7 Å². The largest absolute Gasteiger partial charge is 0.383 e. The summed E-state index contributed by atoms with van der Waals surface area (Å²) in [4.78, 5) is 1.97. The Morgan fingerprint density at radius 2 is 1.85 bits per heavy atom. The molecule has 0 spiro atoms. The number of nitrogens with zero attached hydrogens (tertiary/aromatic N) is 2. The Hall–Kier alpha value is -1.75. The highest BCUT2D eigenvalue weighted by Gasteiger charge is 1.88. The Morgan fingerprint density at radius 1 is 1.23 bits per heavy atom. The lowest BCUT2D eigenvalue weighted by Gasteiger charge is -2.02. The van der Waals surface area contributed by atoms with Crippen LogP contribution in [0.3, 0.4) is 0 Å². The Bertz CT molecular complexity index is 328. The molecule has 0 saturated carbocycles. The van der Waals surface area contributed by atoms with Crippen LogP contribution in [0.15, 0.2) is 30.5 Å². The lowest BCUT2D eigenvalue weighted by Crippen LogP contribution is -1.99. The highest BCUT2D eigenvalue weighted by Crippen LogP contribution is 2.05. The molecule has 0 unspecified atom stereocenters. The predicted octanol–water partition coefficient (Wildman–Crippen LogP) is 2.09. The van der Waals surface area contributed by atoms with Gasteiger partial charge in [-0.2, -0.15) is 5.26 Å². The molecule has 0 N–H and O–H groups in total. The van der Waals surface area contributed by atoms with Gasteiger partial charge < -0.3 is 4.90 Å². The van der Waals surface area contributed by atoms with Crippen molar-refractivity contribution in [2.24, 2.45) is 0 Å². The van der Waals surface area contributed by atoms with Crippen molar-refractivity contribution >= 4 is 6.08 Å². The first-order chi connectivity index (χ1) is 6.22. The van der Waals surface area contributed by atoms with Crippen LogP contribution in [0.25, 0.3) is 6.08 Å². The van der Waals surface area contributed by atoms with Crippen LogP contribution in [0, 0.1) is 11.3 Å². The molecule has 1 aromatic rings. The molecule has 0 aliphatic carbocycles. The molecule has 0 saturated heterocycles. The second kappa shape index (κ2) is 4.32. The summed E-state index contributed by atoms with van der Waals surface area (Å²) >= 11 is 0. The van der Waals surface area contributed by atoms with Crippen molar-refractivity contribution in [3.63, 3.8) is 0 Å². The number of nitriles is 1. The van der Waals surface area contributed by atoms with E-state index in [1.165, 1.54) is 0 Å². The maximum absolute atomic E-state index is 8.57. The lowest BCUT2D eigenvalue weighted by molar-refractivity contribution is 0.567. The van der Waals surface area contributed by atoms with Crippen LogP contribution in [0.4, 0.5) is 0 Å².